The molecule has 0 saturated carbocycles. The van der Waals surface area contributed by atoms with Crippen molar-refractivity contribution in [1.82, 2.24) is 19.5 Å². The SMILES string of the molecule is O=[N+]([O-])c1cn(-c2ccnc(N(CCO)CCO)n2)cn1. The lowest BCUT2D eigenvalue weighted by molar-refractivity contribution is -0.389. The lowest BCUT2D eigenvalue weighted by Gasteiger charge is -2.20. The molecule has 2 aromatic rings. The van der Waals surface area contributed by atoms with Crippen LogP contribution in [-0.4, -0.2) is 61.0 Å². The number of aliphatic hydroxyl groups is 2. The number of aliphatic hydroxyl groups excluding tert-OH is 2. The third kappa shape index (κ3) is 3.49. The molecule has 2 rings (SSSR count). The Hall–Kier alpha value is -2.59. The maximum absolute atomic E-state index is 10.6. The molecule has 0 bridgehead atoms. The second-order valence-corrected chi connectivity index (χ2v) is 4.05. The molecule has 0 atom stereocenters. The fourth-order valence-corrected chi connectivity index (χ4v) is 1.72. The number of anilines is 1. The number of aromatic nitrogens is 4. The summed E-state index contributed by atoms with van der Waals surface area (Å²) in [6.45, 7) is 0.330. The van der Waals surface area contributed by atoms with Crippen LogP contribution >= 0.6 is 0 Å². The standard InChI is InChI=1S/C11H14N6O4/c18-5-3-15(4-6-19)11-12-2-1-9(14-11)16-7-10(13-8-16)17(20)21/h1-2,7-8,18-19H,3-6H2. The molecular weight excluding hydrogens is 280 g/mol. The highest BCUT2D eigenvalue weighted by Gasteiger charge is 2.14. The zero-order valence-electron chi connectivity index (χ0n) is 11.0. The minimum Gasteiger partial charge on any atom is -0.395 e. The Morgan fingerprint density at radius 3 is 2.57 bits per heavy atom. The van der Waals surface area contributed by atoms with Crippen LogP contribution in [0.2, 0.25) is 0 Å². The average Bonchev–Trinajstić information content (AvgIpc) is 2.97. The van der Waals surface area contributed by atoms with Gasteiger partial charge in [-0.25, -0.2) is 4.98 Å². The lowest BCUT2D eigenvalue weighted by Crippen LogP contribution is -2.31. The summed E-state index contributed by atoms with van der Waals surface area (Å²) in [7, 11) is 0. The Bertz CT molecular complexity index is 610. The summed E-state index contributed by atoms with van der Waals surface area (Å²) in [6.07, 6.45) is 4.02. The number of hydrogen-bond acceptors (Lipinski definition) is 8. The molecule has 0 saturated heterocycles. The maximum atomic E-state index is 10.6. The Kier molecular flexibility index (Phi) is 4.74. The fraction of sp³-hybridized carbons (Fsp3) is 0.364. The zero-order valence-corrected chi connectivity index (χ0v) is 11.0. The van der Waals surface area contributed by atoms with Crippen molar-refractivity contribution in [2.45, 2.75) is 0 Å². The molecule has 0 amide bonds. The van der Waals surface area contributed by atoms with E-state index in [1.807, 2.05) is 0 Å². The molecule has 0 aliphatic rings. The Labute approximate surface area is 119 Å². The van der Waals surface area contributed by atoms with E-state index in [0.29, 0.717) is 11.8 Å². The quantitative estimate of drug-likeness (QED) is 0.509. The first kappa shape index (κ1) is 14.8. The summed E-state index contributed by atoms with van der Waals surface area (Å²) in [5.41, 5.74) is 0. The smallest absolute Gasteiger partial charge is 0.381 e. The monoisotopic (exact) mass is 294 g/mol. The first-order valence-corrected chi connectivity index (χ1v) is 6.14. The van der Waals surface area contributed by atoms with Gasteiger partial charge in [-0.3, -0.25) is 4.57 Å². The molecule has 0 aromatic carbocycles. The molecule has 21 heavy (non-hydrogen) atoms. The van der Waals surface area contributed by atoms with Crippen LogP contribution in [-0.2, 0) is 0 Å². The maximum Gasteiger partial charge on any atom is 0.381 e. The second kappa shape index (κ2) is 6.72. The molecule has 0 fully saturated rings. The van der Waals surface area contributed by atoms with Crippen molar-refractivity contribution in [2.24, 2.45) is 0 Å². The molecule has 112 valence electrons. The van der Waals surface area contributed by atoms with Gasteiger partial charge in [-0.1, -0.05) is 0 Å². The van der Waals surface area contributed by atoms with Crippen LogP contribution in [0.25, 0.3) is 5.82 Å². The van der Waals surface area contributed by atoms with E-state index in [2.05, 4.69) is 15.0 Å². The summed E-state index contributed by atoms with van der Waals surface area (Å²) in [5, 5.41) is 28.6. The van der Waals surface area contributed by atoms with Gasteiger partial charge < -0.3 is 25.2 Å². The molecule has 0 radical (unpaired) electrons. The summed E-state index contributed by atoms with van der Waals surface area (Å²) in [4.78, 5) is 23.6. The lowest BCUT2D eigenvalue weighted by atomic mass is 10.5. The van der Waals surface area contributed by atoms with Crippen LogP contribution < -0.4 is 4.90 Å². The number of hydrogen-bond donors (Lipinski definition) is 2. The first-order valence-electron chi connectivity index (χ1n) is 6.14. The highest BCUT2D eigenvalue weighted by atomic mass is 16.6. The van der Waals surface area contributed by atoms with E-state index in [4.69, 9.17) is 10.2 Å². The number of nitro groups is 1. The first-order chi connectivity index (χ1) is 10.2. The minimum absolute atomic E-state index is 0.107. The Morgan fingerprint density at radius 2 is 2.00 bits per heavy atom. The van der Waals surface area contributed by atoms with E-state index in [1.165, 1.54) is 23.3 Å². The van der Waals surface area contributed by atoms with Gasteiger partial charge in [0.1, 0.15) is 12.0 Å². The molecule has 0 aliphatic carbocycles. The van der Waals surface area contributed by atoms with Gasteiger partial charge in [-0.05, 0) is 16.0 Å². The van der Waals surface area contributed by atoms with Crippen molar-refractivity contribution in [3.05, 3.63) is 34.9 Å². The van der Waals surface area contributed by atoms with E-state index < -0.39 is 4.92 Å². The van der Waals surface area contributed by atoms with E-state index in [0.717, 1.165) is 0 Å². The van der Waals surface area contributed by atoms with E-state index in [-0.39, 0.29) is 32.1 Å². The van der Waals surface area contributed by atoms with Gasteiger partial charge in [0.2, 0.25) is 12.3 Å². The van der Waals surface area contributed by atoms with Gasteiger partial charge in [0.05, 0.1) is 13.2 Å². The van der Waals surface area contributed by atoms with Gasteiger partial charge in [-0.15, -0.1) is 0 Å². The fourth-order valence-electron chi connectivity index (χ4n) is 1.72. The molecular formula is C11H14N6O4. The van der Waals surface area contributed by atoms with Gasteiger partial charge in [-0.2, -0.15) is 4.98 Å². The number of imidazole rings is 1. The molecule has 0 unspecified atom stereocenters. The van der Waals surface area contributed by atoms with Crippen LogP contribution in [0.1, 0.15) is 0 Å². The Morgan fingerprint density at radius 1 is 1.29 bits per heavy atom. The molecule has 10 nitrogen and oxygen atoms in total. The molecule has 2 aromatic heterocycles. The average molecular weight is 294 g/mol. The van der Waals surface area contributed by atoms with Crippen LogP contribution in [0, 0.1) is 10.1 Å². The predicted molar refractivity (Wildman–Crippen MR) is 72.2 cm³/mol. The second-order valence-electron chi connectivity index (χ2n) is 4.05. The van der Waals surface area contributed by atoms with E-state index >= 15 is 0 Å². The molecule has 0 aliphatic heterocycles. The number of rotatable bonds is 7. The highest BCUT2D eigenvalue weighted by molar-refractivity contribution is 5.36. The summed E-state index contributed by atoms with van der Waals surface area (Å²) in [5.74, 6) is 0.436. The third-order valence-electron chi connectivity index (χ3n) is 2.67. The normalized spacial score (nSPS) is 10.6. The van der Waals surface area contributed by atoms with E-state index in [9.17, 15) is 10.1 Å². The number of nitrogens with zero attached hydrogens (tertiary/aromatic N) is 6. The van der Waals surface area contributed by atoms with Crippen molar-refractivity contribution >= 4 is 11.8 Å². The Balaban J connectivity index is 2.28. The predicted octanol–water partition coefficient (Wildman–Crippen LogP) is -0.639. The highest BCUT2D eigenvalue weighted by Crippen LogP contribution is 2.13. The van der Waals surface area contributed by atoms with E-state index in [1.54, 1.807) is 11.0 Å². The third-order valence-corrected chi connectivity index (χ3v) is 2.67. The molecule has 10 heteroatoms. The van der Waals surface area contributed by atoms with Crippen molar-refractivity contribution in [2.75, 3.05) is 31.2 Å². The van der Waals surface area contributed by atoms with Gasteiger partial charge in [0.25, 0.3) is 0 Å². The van der Waals surface area contributed by atoms with Crippen molar-refractivity contribution in [1.29, 1.82) is 0 Å². The van der Waals surface area contributed by atoms with Crippen LogP contribution in [0.15, 0.2) is 24.8 Å². The van der Waals surface area contributed by atoms with Gasteiger partial charge >= 0.3 is 5.82 Å². The van der Waals surface area contributed by atoms with Crippen molar-refractivity contribution in [3.63, 3.8) is 0 Å². The minimum atomic E-state index is -0.595. The molecule has 2 N–H and O–H groups in total. The zero-order chi connectivity index (χ0) is 15.2. The summed E-state index contributed by atoms with van der Waals surface area (Å²) < 4.78 is 1.40. The summed E-state index contributed by atoms with van der Waals surface area (Å²) in [6, 6.07) is 1.57. The molecule has 2 heterocycles. The van der Waals surface area contributed by atoms with Crippen LogP contribution in [0.3, 0.4) is 0 Å². The van der Waals surface area contributed by atoms with Crippen LogP contribution in [0.4, 0.5) is 11.8 Å². The summed E-state index contributed by atoms with van der Waals surface area (Å²) >= 11 is 0. The van der Waals surface area contributed by atoms with Crippen LogP contribution in [0.5, 0.6) is 0 Å². The van der Waals surface area contributed by atoms with Crippen molar-refractivity contribution < 1.29 is 15.1 Å². The van der Waals surface area contributed by atoms with Gasteiger partial charge in [0.15, 0.2) is 0 Å². The van der Waals surface area contributed by atoms with Crippen molar-refractivity contribution in [3.8, 4) is 5.82 Å². The van der Waals surface area contributed by atoms with Gasteiger partial charge in [0, 0.05) is 19.3 Å². The largest absolute Gasteiger partial charge is 0.395 e. The topological polar surface area (TPSA) is 130 Å². The molecule has 0 spiro atoms.